The van der Waals surface area contributed by atoms with E-state index in [4.69, 9.17) is 5.26 Å². The van der Waals surface area contributed by atoms with Crippen molar-refractivity contribution in [2.24, 2.45) is 0 Å². The van der Waals surface area contributed by atoms with Crippen molar-refractivity contribution in [2.45, 2.75) is 20.3 Å². The molecule has 1 N–H and O–H groups in total. The number of nitrogens with zero attached hydrogens (tertiary/aromatic N) is 1. The molecule has 0 aliphatic heterocycles. The molecule has 0 saturated carbocycles. The van der Waals surface area contributed by atoms with Crippen molar-refractivity contribution >= 4 is 5.69 Å². The van der Waals surface area contributed by atoms with Crippen LogP contribution < -0.4 is 5.32 Å². The number of hydrogen-bond acceptors (Lipinski definition) is 2. The van der Waals surface area contributed by atoms with E-state index in [2.05, 4.69) is 42.6 Å². The van der Waals surface area contributed by atoms with Crippen LogP contribution in [0.25, 0.3) is 0 Å². The third kappa shape index (κ3) is 3.35. The topological polar surface area (TPSA) is 35.8 Å². The Morgan fingerprint density at radius 3 is 2.63 bits per heavy atom. The molecule has 2 aromatic carbocycles. The summed E-state index contributed by atoms with van der Waals surface area (Å²) >= 11 is 0. The molecule has 0 radical (unpaired) electrons. The van der Waals surface area contributed by atoms with Crippen LogP contribution in [0.1, 0.15) is 22.3 Å². The van der Waals surface area contributed by atoms with Crippen molar-refractivity contribution in [3.8, 4) is 6.07 Å². The fourth-order valence-electron chi connectivity index (χ4n) is 2.13. The molecular weight excluding hydrogens is 232 g/mol. The van der Waals surface area contributed by atoms with Gasteiger partial charge in [-0.25, -0.2) is 0 Å². The molecule has 0 unspecified atom stereocenters. The van der Waals surface area contributed by atoms with Crippen LogP contribution in [-0.4, -0.2) is 6.54 Å². The predicted octanol–water partition coefficient (Wildman–Crippen LogP) is 3.83. The van der Waals surface area contributed by atoms with Crippen molar-refractivity contribution in [3.05, 3.63) is 64.7 Å². The van der Waals surface area contributed by atoms with Gasteiger partial charge < -0.3 is 5.32 Å². The predicted molar refractivity (Wildman–Crippen MR) is 79.3 cm³/mol. The Balaban J connectivity index is 2.01. The first kappa shape index (κ1) is 13.2. The highest BCUT2D eigenvalue weighted by molar-refractivity contribution is 5.58. The van der Waals surface area contributed by atoms with Gasteiger partial charge in [-0.3, -0.25) is 0 Å². The maximum absolute atomic E-state index is 9.11. The summed E-state index contributed by atoms with van der Waals surface area (Å²) in [5.41, 5.74) is 5.40. The second-order valence-corrected chi connectivity index (χ2v) is 4.76. The molecule has 0 heterocycles. The lowest BCUT2D eigenvalue weighted by Crippen LogP contribution is -2.07. The minimum absolute atomic E-state index is 0.713. The zero-order chi connectivity index (χ0) is 13.7. The zero-order valence-electron chi connectivity index (χ0n) is 11.4. The Kier molecular flexibility index (Phi) is 4.20. The smallest absolute Gasteiger partial charge is 0.101 e. The maximum Gasteiger partial charge on any atom is 0.101 e. The van der Waals surface area contributed by atoms with Crippen LogP contribution in [0.3, 0.4) is 0 Å². The molecule has 19 heavy (non-hydrogen) atoms. The molecule has 0 saturated heterocycles. The molecule has 0 aromatic heterocycles. The van der Waals surface area contributed by atoms with E-state index in [1.54, 1.807) is 0 Å². The Hall–Kier alpha value is -2.27. The Labute approximate surface area is 114 Å². The first-order valence-corrected chi connectivity index (χ1v) is 6.50. The highest BCUT2D eigenvalue weighted by Crippen LogP contribution is 2.16. The van der Waals surface area contributed by atoms with Gasteiger partial charge in [0.05, 0.1) is 11.3 Å². The second-order valence-electron chi connectivity index (χ2n) is 4.76. The molecule has 0 amide bonds. The molecule has 0 bridgehead atoms. The summed E-state index contributed by atoms with van der Waals surface area (Å²) in [6.07, 6.45) is 0.964. The monoisotopic (exact) mass is 250 g/mol. The van der Waals surface area contributed by atoms with Gasteiger partial charge in [0.1, 0.15) is 6.07 Å². The number of nitriles is 1. The lowest BCUT2D eigenvalue weighted by Gasteiger charge is -2.10. The summed E-state index contributed by atoms with van der Waals surface area (Å²) in [5.74, 6) is 0. The summed E-state index contributed by atoms with van der Waals surface area (Å²) < 4.78 is 0. The molecular formula is C17H18N2. The number of aryl methyl sites for hydroxylation is 2. The molecule has 0 aliphatic carbocycles. The maximum atomic E-state index is 9.11. The molecule has 0 spiro atoms. The molecule has 96 valence electrons. The van der Waals surface area contributed by atoms with Crippen molar-refractivity contribution < 1.29 is 0 Å². The zero-order valence-corrected chi connectivity index (χ0v) is 11.4. The quantitative estimate of drug-likeness (QED) is 0.895. The molecule has 2 nitrogen and oxygen atoms in total. The van der Waals surface area contributed by atoms with Crippen LogP contribution in [-0.2, 0) is 6.42 Å². The number of rotatable bonds is 4. The molecule has 0 aliphatic rings. The van der Waals surface area contributed by atoms with Crippen molar-refractivity contribution in [3.63, 3.8) is 0 Å². The minimum Gasteiger partial charge on any atom is -0.384 e. The first-order chi connectivity index (χ1) is 9.20. The van der Waals surface area contributed by atoms with Crippen LogP contribution in [0.5, 0.6) is 0 Å². The summed E-state index contributed by atoms with van der Waals surface area (Å²) in [7, 11) is 0. The Bertz CT molecular complexity index is 609. The lowest BCUT2D eigenvalue weighted by molar-refractivity contribution is 1.00. The van der Waals surface area contributed by atoms with Crippen LogP contribution in [0.15, 0.2) is 42.5 Å². The number of nitrogens with one attached hydrogen (secondary N) is 1. The van der Waals surface area contributed by atoms with Crippen LogP contribution >= 0.6 is 0 Å². The van der Waals surface area contributed by atoms with E-state index in [1.807, 2.05) is 25.1 Å². The number of anilines is 1. The van der Waals surface area contributed by atoms with Crippen LogP contribution in [0.2, 0.25) is 0 Å². The Morgan fingerprint density at radius 2 is 1.89 bits per heavy atom. The number of benzene rings is 2. The van der Waals surface area contributed by atoms with Crippen molar-refractivity contribution in [1.29, 1.82) is 5.26 Å². The van der Waals surface area contributed by atoms with E-state index < -0.39 is 0 Å². The van der Waals surface area contributed by atoms with Gasteiger partial charge >= 0.3 is 0 Å². The third-order valence-corrected chi connectivity index (χ3v) is 3.27. The van der Waals surface area contributed by atoms with E-state index in [9.17, 15) is 0 Å². The molecule has 0 fully saturated rings. The lowest BCUT2D eigenvalue weighted by atomic mass is 10.1. The average molecular weight is 250 g/mol. The van der Waals surface area contributed by atoms with E-state index in [1.165, 1.54) is 11.1 Å². The molecule has 2 heteroatoms. The molecule has 0 atom stereocenters. The first-order valence-electron chi connectivity index (χ1n) is 6.50. The fourth-order valence-corrected chi connectivity index (χ4v) is 2.13. The number of hydrogen-bond donors (Lipinski definition) is 1. The summed E-state index contributed by atoms with van der Waals surface area (Å²) in [6.45, 7) is 4.96. The van der Waals surface area contributed by atoms with Gasteiger partial charge in [0.25, 0.3) is 0 Å². The van der Waals surface area contributed by atoms with Crippen molar-refractivity contribution in [2.75, 3.05) is 11.9 Å². The second kappa shape index (κ2) is 6.06. The molecule has 2 aromatic rings. The SMILES string of the molecule is Cc1ccc(NCCc2ccccc2C)c(C#N)c1. The van der Waals surface area contributed by atoms with Crippen LogP contribution in [0.4, 0.5) is 5.69 Å². The standard InChI is InChI=1S/C17H18N2/c1-13-7-8-17(16(11-13)12-18)19-10-9-15-6-4-3-5-14(15)2/h3-8,11,19H,9-10H2,1-2H3. The molecule has 2 rings (SSSR count). The third-order valence-electron chi connectivity index (χ3n) is 3.27. The van der Waals surface area contributed by atoms with Gasteiger partial charge in [0.2, 0.25) is 0 Å². The summed E-state index contributed by atoms with van der Waals surface area (Å²) in [6, 6.07) is 16.5. The van der Waals surface area contributed by atoms with Crippen molar-refractivity contribution in [1.82, 2.24) is 0 Å². The normalized spacial score (nSPS) is 9.95. The largest absolute Gasteiger partial charge is 0.384 e. The van der Waals surface area contributed by atoms with E-state index >= 15 is 0 Å². The summed E-state index contributed by atoms with van der Waals surface area (Å²) in [4.78, 5) is 0. The van der Waals surface area contributed by atoms with Gasteiger partial charge in [-0.05, 0) is 49.1 Å². The minimum atomic E-state index is 0.713. The van der Waals surface area contributed by atoms with Gasteiger partial charge in [-0.15, -0.1) is 0 Å². The van der Waals surface area contributed by atoms with Gasteiger partial charge in [0.15, 0.2) is 0 Å². The highest BCUT2D eigenvalue weighted by atomic mass is 14.9. The van der Waals surface area contributed by atoms with E-state index in [-0.39, 0.29) is 0 Å². The van der Waals surface area contributed by atoms with Gasteiger partial charge in [0, 0.05) is 6.54 Å². The van der Waals surface area contributed by atoms with Gasteiger partial charge in [-0.2, -0.15) is 5.26 Å². The van der Waals surface area contributed by atoms with E-state index in [0.717, 1.165) is 24.2 Å². The van der Waals surface area contributed by atoms with Gasteiger partial charge in [-0.1, -0.05) is 30.3 Å². The van der Waals surface area contributed by atoms with Crippen LogP contribution in [0, 0.1) is 25.2 Å². The average Bonchev–Trinajstić information content (AvgIpc) is 2.42. The summed E-state index contributed by atoms with van der Waals surface area (Å²) in [5, 5.41) is 12.5. The van der Waals surface area contributed by atoms with E-state index in [0.29, 0.717) is 5.56 Å². The Morgan fingerprint density at radius 1 is 1.11 bits per heavy atom. The highest BCUT2D eigenvalue weighted by Gasteiger charge is 2.02. The fraction of sp³-hybridized carbons (Fsp3) is 0.235.